The van der Waals surface area contributed by atoms with Crippen LogP contribution in [0.15, 0.2) is 40.4 Å². The highest BCUT2D eigenvalue weighted by molar-refractivity contribution is 7.99. The first kappa shape index (κ1) is 17.7. The van der Waals surface area contributed by atoms with Gasteiger partial charge in [-0.3, -0.25) is 9.59 Å². The standard InChI is InChI=1S/C20H18FN3O2S/c1-20(2,3)14(25)9-27-19-23-16-11-5-4-10(21)8-13(11)15-12(17(16)24-19)6-7-22-18(15)26/h4-8H,9H2,1-3H3,(H,22,26)(H,23,24). The van der Waals surface area contributed by atoms with Crippen LogP contribution in [0.4, 0.5) is 4.39 Å². The summed E-state index contributed by atoms with van der Waals surface area (Å²) in [4.78, 5) is 35.1. The molecule has 0 amide bonds. The normalized spacial score (nSPS) is 12.3. The van der Waals surface area contributed by atoms with Crippen LogP contribution >= 0.6 is 11.8 Å². The van der Waals surface area contributed by atoms with Gasteiger partial charge in [-0.1, -0.05) is 32.5 Å². The van der Waals surface area contributed by atoms with E-state index >= 15 is 0 Å². The number of hydrogen-bond donors (Lipinski definition) is 2. The van der Waals surface area contributed by atoms with Gasteiger partial charge in [0.2, 0.25) is 0 Å². The number of H-pyrrole nitrogens is 2. The molecule has 0 aliphatic rings. The predicted molar refractivity (Wildman–Crippen MR) is 107 cm³/mol. The summed E-state index contributed by atoms with van der Waals surface area (Å²) in [6.45, 7) is 5.66. The molecule has 0 aliphatic carbocycles. The lowest BCUT2D eigenvalue weighted by Crippen LogP contribution is -2.22. The molecule has 2 aromatic heterocycles. The van der Waals surface area contributed by atoms with Crippen LogP contribution in [0.1, 0.15) is 20.8 Å². The van der Waals surface area contributed by atoms with Crippen molar-refractivity contribution in [1.29, 1.82) is 0 Å². The molecule has 2 heterocycles. The van der Waals surface area contributed by atoms with Gasteiger partial charge in [-0.25, -0.2) is 9.37 Å². The molecule has 0 saturated heterocycles. The molecule has 5 nitrogen and oxygen atoms in total. The van der Waals surface area contributed by atoms with Crippen molar-refractivity contribution < 1.29 is 9.18 Å². The number of carbonyl (C=O) groups is 1. The van der Waals surface area contributed by atoms with Gasteiger partial charge in [0.15, 0.2) is 5.16 Å². The third kappa shape index (κ3) is 3.02. The van der Waals surface area contributed by atoms with E-state index in [4.69, 9.17) is 0 Å². The quantitative estimate of drug-likeness (QED) is 0.406. The smallest absolute Gasteiger partial charge is 0.256 e. The highest BCUT2D eigenvalue weighted by Gasteiger charge is 2.22. The highest BCUT2D eigenvalue weighted by atomic mass is 32.2. The van der Waals surface area contributed by atoms with E-state index in [0.717, 1.165) is 0 Å². The fourth-order valence-electron chi connectivity index (χ4n) is 3.04. The lowest BCUT2D eigenvalue weighted by Gasteiger charge is -2.15. The van der Waals surface area contributed by atoms with Gasteiger partial charge in [0.1, 0.15) is 11.6 Å². The van der Waals surface area contributed by atoms with Gasteiger partial charge >= 0.3 is 0 Å². The Morgan fingerprint density at radius 2 is 1.96 bits per heavy atom. The van der Waals surface area contributed by atoms with E-state index < -0.39 is 11.2 Å². The molecule has 0 radical (unpaired) electrons. The third-order valence-electron chi connectivity index (χ3n) is 4.59. The third-order valence-corrected chi connectivity index (χ3v) is 5.47. The molecule has 4 aromatic rings. The summed E-state index contributed by atoms with van der Waals surface area (Å²) >= 11 is 1.33. The number of rotatable bonds is 3. The average molecular weight is 383 g/mol. The molecule has 0 aliphatic heterocycles. The number of pyridine rings is 1. The van der Waals surface area contributed by atoms with Crippen LogP contribution in [0.25, 0.3) is 32.6 Å². The Bertz CT molecular complexity index is 1270. The van der Waals surface area contributed by atoms with Gasteiger partial charge < -0.3 is 9.97 Å². The van der Waals surface area contributed by atoms with E-state index in [1.165, 1.54) is 23.9 Å². The van der Waals surface area contributed by atoms with Crippen LogP contribution in [-0.2, 0) is 4.79 Å². The zero-order chi connectivity index (χ0) is 19.3. The minimum Gasteiger partial charge on any atom is -0.332 e. The van der Waals surface area contributed by atoms with Gasteiger partial charge in [-0.05, 0) is 24.3 Å². The molecule has 7 heteroatoms. The van der Waals surface area contributed by atoms with E-state index in [-0.39, 0.29) is 11.3 Å². The first-order valence-corrected chi connectivity index (χ1v) is 9.53. The number of Topliss-reactive ketones (excluding diaryl/α,β-unsaturated/α-hetero) is 1. The Kier molecular flexibility index (Phi) is 4.07. The van der Waals surface area contributed by atoms with Crippen molar-refractivity contribution >= 4 is 50.1 Å². The summed E-state index contributed by atoms with van der Waals surface area (Å²) in [5, 5.41) is 2.91. The molecule has 0 fully saturated rings. The van der Waals surface area contributed by atoms with Gasteiger partial charge in [0.05, 0.1) is 22.2 Å². The fourth-order valence-corrected chi connectivity index (χ4v) is 4.08. The second kappa shape index (κ2) is 6.20. The zero-order valence-corrected chi connectivity index (χ0v) is 16.0. The molecule has 0 unspecified atom stereocenters. The maximum atomic E-state index is 13.8. The molecule has 2 aromatic carbocycles. The van der Waals surface area contributed by atoms with Gasteiger partial charge in [0.25, 0.3) is 5.56 Å². The molecular formula is C20H18FN3O2S. The van der Waals surface area contributed by atoms with E-state index in [0.29, 0.717) is 43.5 Å². The second-order valence-corrected chi connectivity index (χ2v) is 8.48. The SMILES string of the molecule is CC(C)(C)C(=O)CSc1nc2c3ccc(F)cc3c3c(=O)[nH]ccc3c2[nH]1. The van der Waals surface area contributed by atoms with Crippen molar-refractivity contribution in [2.24, 2.45) is 5.41 Å². The van der Waals surface area contributed by atoms with Crippen LogP contribution in [0.5, 0.6) is 0 Å². The number of fused-ring (bicyclic) bond motifs is 6. The maximum Gasteiger partial charge on any atom is 0.256 e. The highest BCUT2D eigenvalue weighted by Crippen LogP contribution is 2.34. The summed E-state index contributed by atoms with van der Waals surface area (Å²) in [6.07, 6.45) is 1.56. The summed E-state index contributed by atoms with van der Waals surface area (Å²) in [7, 11) is 0. The van der Waals surface area contributed by atoms with Gasteiger partial charge in [0, 0.05) is 27.8 Å². The number of imidazole rings is 1. The van der Waals surface area contributed by atoms with E-state index in [1.807, 2.05) is 20.8 Å². The van der Waals surface area contributed by atoms with E-state index in [1.54, 1.807) is 18.3 Å². The van der Waals surface area contributed by atoms with Gasteiger partial charge in [-0.2, -0.15) is 0 Å². The number of aromatic amines is 2. The lowest BCUT2D eigenvalue weighted by atomic mass is 9.92. The fraction of sp³-hybridized carbons (Fsp3) is 0.250. The minimum atomic E-state index is -0.413. The molecule has 0 atom stereocenters. The lowest BCUT2D eigenvalue weighted by molar-refractivity contribution is -0.123. The van der Waals surface area contributed by atoms with Crippen molar-refractivity contribution in [3.8, 4) is 0 Å². The first-order chi connectivity index (χ1) is 12.8. The monoisotopic (exact) mass is 383 g/mol. The predicted octanol–water partition coefficient (Wildman–Crippen LogP) is 4.40. The number of aromatic nitrogens is 3. The molecule has 27 heavy (non-hydrogen) atoms. The van der Waals surface area contributed by atoms with Crippen LogP contribution < -0.4 is 5.56 Å². The Morgan fingerprint density at radius 3 is 2.70 bits per heavy atom. The van der Waals surface area contributed by atoms with Crippen molar-refractivity contribution in [2.75, 3.05) is 5.75 Å². The molecule has 0 saturated carbocycles. The Labute approximate surface area is 158 Å². The first-order valence-electron chi connectivity index (χ1n) is 8.54. The van der Waals surface area contributed by atoms with E-state index in [2.05, 4.69) is 15.0 Å². The number of nitrogens with zero attached hydrogens (tertiary/aromatic N) is 1. The van der Waals surface area contributed by atoms with E-state index in [9.17, 15) is 14.0 Å². The van der Waals surface area contributed by atoms with Crippen molar-refractivity contribution in [3.05, 3.63) is 46.6 Å². The Balaban J connectivity index is 1.94. The number of nitrogens with one attached hydrogen (secondary N) is 2. The van der Waals surface area contributed by atoms with Crippen LogP contribution in [0.2, 0.25) is 0 Å². The Morgan fingerprint density at radius 1 is 1.19 bits per heavy atom. The van der Waals surface area contributed by atoms with Gasteiger partial charge in [-0.15, -0.1) is 0 Å². The molecule has 0 bridgehead atoms. The molecule has 2 N–H and O–H groups in total. The number of thioether (sulfide) groups is 1. The molecule has 0 spiro atoms. The van der Waals surface area contributed by atoms with Crippen molar-refractivity contribution in [1.82, 2.24) is 15.0 Å². The van der Waals surface area contributed by atoms with Crippen molar-refractivity contribution in [3.63, 3.8) is 0 Å². The second-order valence-electron chi connectivity index (χ2n) is 7.51. The largest absolute Gasteiger partial charge is 0.332 e. The maximum absolute atomic E-state index is 13.8. The van der Waals surface area contributed by atoms with Crippen molar-refractivity contribution in [2.45, 2.75) is 25.9 Å². The summed E-state index contributed by atoms with van der Waals surface area (Å²) < 4.78 is 13.8. The molecular weight excluding hydrogens is 365 g/mol. The average Bonchev–Trinajstić information content (AvgIpc) is 3.03. The van der Waals surface area contributed by atoms with Crippen LogP contribution in [-0.4, -0.2) is 26.5 Å². The number of ketones is 1. The summed E-state index contributed by atoms with van der Waals surface area (Å²) in [5.41, 5.74) is 0.676. The number of hydrogen-bond acceptors (Lipinski definition) is 4. The molecule has 4 rings (SSSR count). The number of halogens is 1. The Hall–Kier alpha value is -2.67. The van der Waals surface area contributed by atoms with Crippen LogP contribution in [0.3, 0.4) is 0 Å². The number of benzene rings is 2. The minimum absolute atomic E-state index is 0.126. The number of carbonyl (C=O) groups excluding carboxylic acids is 1. The summed E-state index contributed by atoms with van der Waals surface area (Å²) in [5.74, 6) is 0.0162. The topological polar surface area (TPSA) is 78.6 Å². The molecule has 138 valence electrons. The summed E-state index contributed by atoms with van der Waals surface area (Å²) in [6, 6.07) is 6.12. The zero-order valence-electron chi connectivity index (χ0n) is 15.1. The van der Waals surface area contributed by atoms with Crippen LogP contribution in [0, 0.1) is 11.2 Å².